The summed E-state index contributed by atoms with van der Waals surface area (Å²) in [6.07, 6.45) is 2.41. The number of hydrogen-bond donors (Lipinski definition) is 0. The Morgan fingerprint density at radius 1 is 1.16 bits per heavy atom. The summed E-state index contributed by atoms with van der Waals surface area (Å²) in [4.78, 5) is 4.24. The van der Waals surface area contributed by atoms with Crippen LogP contribution in [0.4, 0.5) is 0 Å². The van der Waals surface area contributed by atoms with Crippen LogP contribution in [0.1, 0.15) is 44.7 Å². The predicted octanol–water partition coefficient (Wildman–Crippen LogP) is 5.35. The van der Waals surface area contributed by atoms with Gasteiger partial charge in [-0.15, -0.1) is 6.58 Å². The molecule has 0 saturated heterocycles. The number of aliphatic imine (C=N–C) groups is 1. The molecule has 19 heavy (non-hydrogen) atoms. The van der Waals surface area contributed by atoms with Crippen LogP contribution in [0.2, 0.25) is 0 Å². The van der Waals surface area contributed by atoms with Crippen LogP contribution in [0.15, 0.2) is 53.6 Å². The molecule has 0 aliphatic carbocycles. The molecule has 1 rings (SSSR count). The van der Waals surface area contributed by atoms with Gasteiger partial charge in [0.1, 0.15) is 0 Å². The summed E-state index contributed by atoms with van der Waals surface area (Å²) >= 11 is 0. The lowest BCUT2D eigenvalue weighted by atomic mass is 10.00. The lowest BCUT2D eigenvalue weighted by Gasteiger charge is -2.07. The zero-order valence-corrected chi connectivity index (χ0v) is 13.1. The maximum absolute atomic E-state index is 4.24. The van der Waals surface area contributed by atoms with Crippen molar-refractivity contribution < 1.29 is 0 Å². The van der Waals surface area contributed by atoms with Gasteiger partial charge < -0.3 is 0 Å². The fourth-order valence-electron chi connectivity index (χ4n) is 1.81. The zero-order chi connectivity index (χ0) is 14.8. The summed E-state index contributed by atoms with van der Waals surface area (Å²) in [6.45, 7) is 15.9. The van der Waals surface area contributed by atoms with E-state index in [-0.39, 0.29) is 0 Å². The molecule has 1 heteroatoms. The average Bonchev–Trinajstić information content (AvgIpc) is 2.32. The van der Waals surface area contributed by atoms with Crippen molar-refractivity contribution in [2.24, 2.45) is 4.99 Å². The van der Waals surface area contributed by atoms with Gasteiger partial charge >= 0.3 is 0 Å². The van der Waals surface area contributed by atoms with E-state index in [0.29, 0.717) is 0 Å². The molecule has 0 aliphatic heterocycles. The lowest BCUT2D eigenvalue weighted by molar-refractivity contribution is 0.910. The summed E-state index contributed by atoms with van der Waals surface area (Å²) in [5.74, 6) is 0. The van der Waals surface area contributed by atoms with Gasteiger partial charge in [-0.25, -0.2) is 0 Å². The molecular formula is C18H27N. The summed E-state index contributed by atoms with van der Waals surface area (Å²) < 4.78 is 0. The molecule has 0 N–H and O–H groups in total. The molecule has 104 valence electrons. The number of benzene rings is 1. The van der Waals surface area contributed by atoms with Crippen molar-refractivity contribution in [3.8, 4) is 0 Å². The van der Waals surface area contributed by atoms with E-state index < -0.39 is 0 Å². The normalized spacial score (nSPS) is 10.5. The third kappa shape index (κ3) is 6.76. The largest absolute Gasteiger partial charge is 0.288 e. The second kappa shape index (κ2) is 9.32. The molecule has 0 fully saturated rings. The zero-order valence-electron chi connectivity index (χ0n) is 13.1. The quantitative estimate of drug-likeness (QED) is 0.509. The van der Waals surface area contributed by atoms with Gasteiger partial charge in [0.25, 0.3) is 0 Å². The van der Waals surface area contributed by atoms with E-state index in [1.807, 2.05) is 19.1 Å². The minimum atomic E-state index is 0.998. The summed E-state index contributed by atoms with van der Waals surface area (Å²) in [5, 5.41) is 0. The van der Waals surface area contributed by atoms with Gasteiger partial charge in [-0.1, -0.05) is 49.8 Å². The fourth-order valence-corrected chi connectivity index (χ4v) is 1.81. The fraction of sp³-hybridized carbons (Fsp3) is 0.389. The molecule has 0 heterocycles. The first kappa shape index (κ1) is 17.4. The van der Waals surface area contributed by atoms with Gasteiger partial charge in [0.2, 0.25) is 0 Å². The van der Waals surface area contributed by atoms with Crippen LogP contribution >= 0.6 is 0 Å². The Balaban J connectivity index is 0.000000459. The second-order valence-corrected chi connectivity index (χ2v) is 4.87. The monoisotopic (exact) mass is 257 g/mol. The Morgan fingerprint density at radius 2 is 1.74 bits per heavy atom. The number of allylic oxidation sites excluding steroid dienone is 2. The van der Waals surface area contributed by atoms with Crippen molar-refractivity contribution in [2.75, 3.05) is 7.05 Å². The molecule has 0 radical (unpaired) electrons. The Hall–Kier alpha value is -1.63. The highest BCUT2D eigenvalue weighted by Crippen LogP contribution is 2.12. The van der Waals surface area contributed by atoms with Crippen LogP contribution in [-0.4, -0.2) is 12.8 Å². The highest BCUT2D eigenvalue weighted by molar-refractivity contribution is 6.12. The topological polar surface area (TPSA) is 12.4 Å². The van der Waals surface area contributed by atoms with E-state index >= 15 is 0 Å². The molecule has 0 atom stereocenters. The Bertz CT molecular complexity index is 453. The van der Waals surface area contributed by atoms with Crippen molar-refractivity contribution in [1.82, 2.24) is 0 Å². The first-order chi connectivity index (χ1) is 8.93. The van der Waals surface area contributed by atoms with Crippen LogP contribution < -0.4 is 0 Å². The van der Waals surface area contributed by atoms with Crippen LogP contribution in [-0.2, 0) is 0 Å². The van der Waals surface area contributed by atoms with E-state index in [1.165, 1.54) is 29.5 Å². The van der Waals surface area contributed by atoms with E-state index in [4.69, 9.17) is 0 Å². The van der Waals surface area contributed by atoms with Gasteiger partial charge in [0.05, 0.1) is 5.71 Å². The lowest BCUT2D eigenvalue weighted by Crippen LogP contribution is -2.03. The minimum Gasteiger partial charge on any atom is -0.288 e. The Kier molecular flexibility index (Phi) is 8.52. The second-order valence-electron chi connectivity index (χ2n) is 4.87. The van der Waals surface area contributed by atoms with Gasteiger partial charge in [0, 0.05) is 12.6 Å². The van der Waals surface area contributed by atoms with Crippen molar-refractivity contribution in [3.05, 3.63) is 59.7 Å². The predicted molar refractivity (Wildman–Crippen MR) is 88.2 cm³/mol. The van der Waals surface area contributed by atoms with Crippen molar-refractivity contribution >= 4 is 5.71 Å². The van der Waals surface area contributed by atoms with Gasteiger partial charge in [-0.2, -0.15) is 0 Å². The Morgan fingerprint density at radius 3 is 2.05 bits per heavy atom. The minimum absolute atomic E-state index is 0.998. The Labute approximate surface area is 118 Å². The van der Waals surface area contributed by atoms with E-state index in [2.05, 4.69) is 51.1 Å². The molecular weight excluding hydrogens is 230 g/mol. The standard InChI is InChI=1S/C12H15N.C6H12/c1-9(2)12(13-4)11-8-6-5-7-10(11)3;1-4-5-6(2)3/h5-8H,1H2,2-4H3;2,4-5H2,1,3H3. The molecule has 0 saturated carbocycles. The maximum Gasteiger partial charge on any atom is 0.0669 e. The smallest absolute Gasteiger partial charge is 0.0669 e. The number of rotatable bonds is 4. The third-order valence-electron chi connectivity index (χ3n) is 2.70. The molecule has 1 aromatic rings. The van der Waals surface area contributed by atoms with E-state index in [1.54, 1.807) is 7.05 Å². The molecule has 0 unspecified atom stereocenters. The molecule has 0 aromatic heterocycles. The molecule has 1 nitrogen and oxygen atoms in total. The first-order valence-corrected chi connectivity index (χ1v) is 6.77. The van der Waals surface area contributed by atoms with Gasteiger partial charge in [-0.3, -0.25) is 4.99 Å². The molecule has 0 amide bonds. The highest BCUT2D eigenvalue weighted by atomic mass is 14.7. The van der Waals surface area contributed by atoms with Crippen LogP contribution in [0.25, 0.3) is 0 Å². The van der Waals surface area contributed by atoms with Crippen LogP contribution in [0.3, 0.4) is 0 Å². The molecule has 0 aliphatic rings. The molecule has 0 spiro atoms. The van der Waals surface area contributed by atoms with Crippen molar-refractivity contribution in [3.63, 3.8) is 0 Å². The summed E-state index contributed by atoms with van der Waals surface area (Å²) in [5.41, 5.74) is 5.72. The SMILES string of the molecule is C=C(C)C(=NC)c1ccccc1C.C=C(C)CCC. The first-order valence-electron chi connectivity index (χ1n) is 6.77. The number of hydrogen-bond acceptors (Lipinski definition) is 1. The maximum atomic E-state index is 4.24. The van der Waals surface area contributed by atoms with Crippen molar-refractivity contribution in [1.29, 1.82) is 0 Å². The highest BCUT2D eigenvalue weighted by Gasteiger charge is 2.04. The van der Waals surface area contributed by atoms with E-state index in [9.17, 15) is 0 Å². The molecule has 1 aromatic carbocycles. The molecule has 0 bridgehead atoms. The van der Waals surface area contributed by atoms with Crippen molar-refractivity contribution in [2.45, 2.75) is 40.5 Å². The van der Waals surface area contributed by atoms with Gasteiger partial charge in [0.15, 0.2) is 0 Å². The summed E-state index contributed by atoms with van der Waals surface area (Å²) in [7, 11) is 1.80. The van der Waals surface area contributed by atoms with Crippen LogP contribution in [0, 0.1) is 6.92 Å². The van der Waals surface area contributed by atoms with Crippen LogP contribution in [0.5, 0.6) is 0 Å². The summed E-state index contributed by atoms with van der Waals surface area (Å²) in [6, 6.07) is 8.22. The number of nitrogens with zero attached hydrogens (tertiary/aromatic N) is 1. The van der Waals surface area contributed by atoms with Gasteiger partial charge in [-0.05, 0) is 38.3 Å². The number of aryl methyl sites for hydroxylation is 1. The third-order valence-corrected chi connectivity index (χ3v) is 2.70. The average molecular weight is 257 g/mol. The van der Waals surface area contributed by atoms with E-state index in [0.717, 1.165) is 11.3 Å².